The Morgan fingerprint density at radius 2 is 1.78 bits per heavy atom. The number of nitrogens with one attached hydrogen (secondary N) is 1. The molecule has 1 heterocycles. The fraction of sp³-hybridized carbons (Fsp3) is 0.0625. The third-order valence-corrected chi connectivity index (χ3v) is 4.50. The number of rotatable bonds is 5. The molecule has 138 valence electrons. The molecule has 0 spiro atoms. The van der Waals surface area contributed by atoms with Gasteiger partial charge in [-0.05, 0) is 24.3 Å². The number of nitro groups is 1. The van der Waals surface area contributed by atoms with Gasteiger partial charge in [-0.1, -0.05) is 34.8 Å². The summed E-state index contributed by atoms with van der Waals surface area (Å²) in [7, 11) is 0. The van der Waals surface area contributed by atoms with E-state index in [0.717, 1.165) is 0 Å². The van der Waals surface area contributed by atoms with Crippen LogP contribution in [-0.2, 0) is 11.3 Å². The van der Waals surface area contributed by atoms with Crippen molar-refractivity contribution in [1.82, 2.24) is 14.8 Å². The second-order valence-electron chi connectivity index (χ2n) is 5.36. The van der Waals surface area contributed by atoms with Crippen molar-refractivity contribution in [1.29, 1.82) is 0 Å². The van der Waals surface area contributed by atoms with Crippen molar-refractivity contribution >= 4 is 52.1 Å². The molecule has 3 rings (SSSR count). The largest absolute Gasteiger partial charge is 0.323 e. The molecule has 0 aliphatic carbocycles. The summed E-state index contributed by atoms with van der Waals surface area (Å²) in [4.78, 5) is 26.5. The number of hydrogen-bond donors (Lipinski definition) is 1. The number of nitrogens with zero attached hydrogens (tertiary/aromatic N) is 4. The van der Waals surface area contributed by atoms with Gasteiger partial charge in [-0.25, -0.2) is 9.67 Å². The highest BCUT2D eigenvalue weighted by molar-refractivity contribution is 6.44. The van der Waals surface area contributed by atoms with Crippen molar-refractivity contribution in [3.63, 3.8) is 0 Å². The van der Waals surface area contributed by atoms with Gasteiger partial charge < -0.3 is 5.32 Å². The zero-order valence-corrected chi connectivity index (χ0v) is 15.7. The predicted octanol–water partition coefficient (Wildman–Crippen LogP) is 4.45. The topological polar surface area (TPSA) is 103 Å². The van der Waals surface area contributed by atoms with Gasteiger partial charge in [0, 0.05) is 17.7 Å². The number of nitro benzene ring substituents is 1. The van der Waals surface area contributed by atoms with Gasteiger partial charge in [0.2, 0.25) is 5.91 Å². The Balaban J connectivity index is 1.69. The lowest BCUT2D eigenvalue weighted by molar-refractivity contribution is -0.384. The minimum absolute atomic E-state index is 0.0314. The number of hydrogen-bond acceptors (Lipinski definition) is 5. The molecule has 0 bridgehead atoms. The van der Waals surface area contributed by atoms with E-state index in [2.05, 4.69) is 15.4 Å². The summed E-state index contributed by atoms with van der Waals surface area (Å²) < 4.78 is 1.33. The van der Waals surface area contributed by atoms with Crippen molar-refractivity contribution < 1.29 is 9.72 Å². The van der Waals surface area contributed by atoms with Crippen LogP contribution in [0.2, 0.25) is 15.1 Å². The Bertz CT molecular complexity index is 1020. The van der Waals surface area contributed by atoms with E-state index in [1.54, 1.807) is 0 Å². The number of carbonyl (C=O) groups is 1. The van der Waals surface area contributed by atoms with Gasteiger partial charge in [0.1, 0.15) is 12.9 Å². The Hall–Kier alpha value is -2.68. The molecule has 0 saturated heterocycles. The second kappa shape index (κ2) is 7.91. The summed E-state index contributed by atoms with van der Waals surface area (Å²) in [6.45, 7) is -0.115. The molecule has 0 unspecified atom stereocenters. The molecule has 0 aliphatic heterocycles. The number of anilines is 1. The van der Waals surface area contributed by atoms with Crippen molar-refractivity contribution in [2.24, 2.45) is 0 Å². The van der Waals surface area contributed by atoms with Crippen LogP contribution in [0.4, 0.5) is 11.4 Å². The average Bonchev–Trinajstić information content (AvgIpc) is 3.08. The minimum atomic E-state index is -0.492. The van der Waals surface area contributed by atoms with Gasteiger partial charge in [-0.2, -0.15) is 5.10 Å². The standard InChI is InChI=1S/C16H10Cl3N5O3/c17-11-5-13(19)14(6-12(11)18)21-15(25)7-23-8-20-16(22-23)9-1-3-10(4-2-9)24(26)27/h1-6,8H,7H2,(H,21,25). The Morgan fingerprint density at radius 3 is 2.44 bits per heavy atom. The van der Waals surface area contributed by atoms with Crippen LogP contribution in [-0.4, -0.2) is 25.6 Å². The number of carbonyl (C=O) groups excluding carboxylic acids is 1. The van der Waals surface area contributed by atoms with Crippen LogP contribution in [0.1, 0.15) is 0 Å². The molecule has 1 aromatic heterocycles. The summed E-state index contributed by atoms with van der Waals surface area (Å²) in [5.41, 5.74) is 0.884. The lowest BCUT2D eigenvalue weighted by Gasteiger charge is -2.08. The first-order chi connectivity index (χ1) is 12.8. The maximum atomic E-state index is 12.2. The summed E-state index contributed by atoms with van der Waals surface area (Å²) in [5, 5.41) is 18.3. The van der Waals surface area contributed by atoms with E-state index >= 15 is 0 Å². The summed E-state index contributed by atoms with van der Waals surface area (Å²) in [5.74, 6) is -0.0549. The summed E-state index contributed by atoms with van der Waals surface area (Å²) in [6, 6.07) is 8.67. The first-order valence-electron chi connectivity index (χ1n) is 7.42. The Labute approximate surface area is 167 Å². The zero-order valence-electron chi connectivity index (χ0n) is 13.4. The Morgan fingerprint density at radius 1 is 1.11 bits per heavy atom. The molecular formula is C16H10Cl3N5O3. The molecule has 1 N–H and O–H groups in total. The van der Waals surface area contributed by atoms with E-state index < -0.39 is 10.8 Å². The first kappa shape index (κ1) is 19.1. The molecule has 0 fully saturated rings. The molecule has 27 heavy (non-hydrogen) atoms. The van der Waals surface area contributed by atoms with Crippen LogP contribution in [0.15, 0.2) is 42.7 Å². The predicted molar refractivity (Wildman–Crippen MR) is 102 cm³/mol. The number of benzene rings is 2. The molecule has 8 nitrogen and oxygen atoms in total. The summed E-state index contributed by atoms with van der Waals surface area (Å²) >= 11 is 17.8. The van der Waals surface area contributed by atoms with Gasteiger partial charge in [0.25, 0.3) is 5.69 Å². The normalized spacial score (nSPS) is 10.6. The smallest absolute Gasteiger partial charge is 0.269 e. The van der Waals surface area contributed by atoms with Crippen molar-refractivity contribution in [2.45, 2.75) is 6.54 Å². The number of non-ortho nitro benzene ring substituents is 1. The first-order valence-corrected chi connectivity index (χ1v) is 8.55. The van der Waals surface area contributed by atoms with Crippen LogP contribution in [0.25, 0.3) is 11.4 Å². The van der Waals surface area contributed by atoms with E-state index in [9.17, 15) is 14.9 Å². The molecule has 0 atom stereocenters. The highest BCUT2D eigenvalue weighted by Gasteiger charge is 2.12. The third-order valence-electron chi connectivity index (χ3n) is 3.46. The van der Waals surface area contributed by atoms with Crippen LogP contribution in [0.3, 0.4) is 0 Å². The quantitative estimate of drug-likeness (QED) is 0.369. The number of amides is 1. The van der Waals surface area contributed by atoms with Crippen molar-refractivity contribution in [3.05, 3.63) is 67.9 Å². The Kier molecular flexibility index (Phi) is 5.59. The van der Waals surface area contributed by atoms with Crippen LogP contribution < -0.4 is 5.32 Å². The van der Waals surface area contributed by atoms with Crippen LogP contribution >= 0.6 is 34.8 Å². The molecular weight excluding hydrogens is 417 g/mol. The molecule has 11 heteroatoms. The van der Waals surface area contributed by atoms with Gasteiger partial charge >= 0.3 is 0 Å². The lowest BCUT2D eigenvalue weighted by Crippen LogP contribution is -2.19. The second-order valence-corrected chi connectivity index (χ2v) is 6.59. The average molecular weight is 427 g/mol. The maximum Gasteiger partial charge on any atom is 0.269 e. The number of aromatic nitrogens is 3. The van der Waals surface area contributed by atoms with Gasteiger partial charge in [-0.15, -0.1) is 0 Å². The fourth-order valence-electron chi connectivity index (χ4n) is 2.19. The van der Waals surface area contributed by atoms with Gasteiger partial charge in [-0.3, -0.25) is 14.9 Å². The molecule has 2 aromatic carbocycles. The highest BCUT2D eigenvalue weighted by atomic mass is 35.5. The van der Waals surface area contributed by atoms with Gasteiger partial charge in [0.15, 0.2) is 5.82 Å². The number of halogens is 3. The van der Waals surface area contributed by atoms with Crippen LogP contribution in [0, 0.1) is 10.1 Å². The van der Waals surface area contributed by atoms with Crippen LogP contribution in [0.5, 0.6) is 0 Å². The van der Waals surface area contributed by atoms with Crippen molar-refractivity contribution in [3.8, 4) is 11.4 Å². The van der Waals surface area contributed by atoms with Crippen molar-refractivity contribution in [2.75, 3.05) is 5.32 Å². The van der Waals surface area contributed by atoms with E-state index in [-0.39, 0.29) is 27.3 Å². The fourth-order valence-corrected chi connectivity index (χ4v) is 2.78. The lowest BCUT2D eigenvalue weighted by atomic mass is 10.2. The molecule has 1 amide bonds. The van der Waals surface area contributed by atoms with E-state index in [0.29, 0.717) is 17.1 Å². The SMILES string of the molecule is O=C(Cn1cnc(-c2ccc([N+](=O)[O-])cc2)n1)Nc1cc(Cl)c(Cl)cc1Cl. The molecule has 3 aromatic rings. The maximum absolute atomic E-state index is 12.2. The highest BCUT2D eigenvalue weighted by Crippen LogP contribution is 2.32. The summed E-state index contributed by atoms with van der Waals surface area (Å²) in [6.07, 6.45) is 1.38. The third kappa shape index (κ3) is 4.54. The van der Waals surface area contributed by atoms with E-state index in [4.69, 9.17) is 34.8 Å². The monoisotopic (exact) mass is 425 g/mol. The zero-order chi connectivity index (χ0) is 19.6. The van der Waals surface area contributed by atoms with E-state index in [1.165, 1.54) is 47.4 Å². The molecule has 0 aliphatic rings. The minimum Gasteiger partial charge on any atom is -0.323 e. The van der Waals surface area contributed by atoms with Gasteiger partial charge in [0.05, 0.1) is 25.7 Å². The molecule has 0 radical (unpaired) electrons. The van der Waals surface area contributed by atoms with E-state index in [1.807, 2.05) is 0 Å². The molecule has 0 saturated carbocycles.